The SMILES string of the molecule is C=C(CC)CNc1ccc(Br)cn1. The molecule has 0 atom stereocenters. The average molecular weight is 241 g/mol. The van der Waals surface area contributed by atoms with Crippen molar-refractivity contribution in [2.24, 2.45) is 0 Å². The third-order valence-electron chi connectivity index (χ3n) is 1.75. The zero-order chi connectivity index (χ0) is 9.68. The lowest BCUT2D eigenvalue weighted by molar-refractivity contribution is 1.04. The summed E-state index contributed by atoms with van der Waals surface area (Å²) in [5.41, 5.74) is 1.18. The fourth-order valence-electron chi connectivity index (χ4n) is 0.821. The third-order valence-corrected chi connectivity index (χ3v) is 2.22. The van der Waals surface area contributed by atoms with Gasteiger partial charge in [0, 0.05) is 17.2 Å². The van der Waals surface area contributed by atoms with Gasteiger partial charge in [-0.25, -0.2) is 4.98 Å². The molecule has 0 saturated heterocycles. The second-order valence-corrected chi connectivity index (χ2v) is 3.73. The maximum absolute atomic E-state index is 4.19. The van der Waals surface area contributed by atoms with Crippen LogP contribution in [0.15, 0.2) is 35.0 Å². The van der Waals surface area contributed by atoms with Crippen LogP contribution in [0.1, 0.15) is 13.3 Å². The molecule has 0 bridgehead atoms. The summed E-state index contributed by atoms with van der Waals surface area (Å²) in [5, 5.41) is 3.19. The van der Waals surface area contributed by atoms with Crippen molar-refractivity contribution in [3.8, 4) is 0 Å². The van der Waals surface area contributed by atoms with Crippen molar-refractivity contribution in [3.05, 3.63) is 35.0 Å². The molecule has 0 amide bonds. The Kier molecular flexibility index (Phi) is 3.96. The molecule has 70 valence electrons. The van der Waals surface area contributed by atoms with E-state index in [9.17, 15) is 0 Å². The fourth-order valence-corrected chi connectivity index (χ4v) is 1.06. The van der Waals surface area contributed by atoms with E-state index in [0.717, 1.165) is 23.3 Å². The van der Waals surface area contributed by atoms with Gasteiger partial charge in [-0.2, -0.15) is 0 Å². The van der Waals surface area contributed by atoms with Crippen molar-refractivity contribution in [2.75, 3.05) is 11.9 Å². The maximum atomic E-state index is 4.19. The topological polar surface area (TPSA) is 24.9 Å². The first kappa shape index (κ1) is 10.3. The molecule has 1 rings (SSSR count). The molecular weight excluding hydrogens is 228 g/mol. The van der Waals surface area contributed by atoms with Gasteiger partial charge in [0.25, 0.3) is 0 Å². The van der Waals surface area contributed by atoms with Crippen molar-refractivity contribution in [3.63, 3.8) is 0 Å². The summed E-state index contributed by atoms with van der Waals surface area (Å²) in [6, 6.07) is 3.90. The Labute approximate surface area is 87.2 Å². The van der Waals surface area contributed by atoms with E-state index in [1.165, 1.54) is 5.57 Å². The number of aromatic nitrogens is 1. The van der Waals surface area contributed by atoms with Gasteiger partial charge in [0.1, 0.15) is 5.82 Å². The molecule has 1 heterocycles. The van der Waals surface area contributed by atoms with Gasteiger partial charge >= 0.3 is 0 Å². The first-order chi connectivity index (χ1) is 6.22. The highest BCUT2D eigenvalue weighted by atomic mass is 79.9. The van der Waals surface area contributed by atoms with Gasteiger partial charge in [0.05, 0.1) is 0 Å². The van der Waals surface area contributed by atoms with Crippen molar-refractivity contribution >= 4 is 21.7 Å². The van der Waals surface area contributed by atoms with Crippen LogP contribution in [-0.2, 0) is 0 Å². The van der Waals surface area contributed by atoms with E-state index in [0.29, 0.717) is 0 Å². The molecule has 0 aliphatic heterocycles. The number of pyridine rings is 1. The Morgan fingerprint density at radius 2 is 2.38 bits per heavy atom. The Hall–Kier alpha value is -0.830. The van der Waals surface area contributed by atoms with E-state index >= 15 is 0 Å². The van der Waals surface area contributed by atoms with Gasteiger partial charge in [-0.15, -0.1) is 0 Å². The summed E-state index contributed by atoms with van der Waals surface area (Å²) in [6.45, 7) is 6.80. The molecule has 0 spiro atoms. The first-order valence-corrected chi connectivity index (χ1v) is 5.03. The standard InChI is InChI=1S/C10H13BrN2/c1-3-8(2)6-12-10-5-4-9(11)7-13-10/h4-5,7H,2-3,6H2,1H3,(H,12,13). The van der Waals surface area contributed by atoms with E-state index in [4.69, 9.17) is 0 Å². The minimum atomic E-state index is 0.797. The third kappa shape index (κ3) is 3.59. The molecule has 0 aliphatic rings. The molecule has 0 saturated carbocycles. The van der Waals surface area contributed by atoms with Gasteiger partial charge in [-0.3, -0.25) is 0 Å². The average Bonchev–Trinajstić information content (AvgIpc) is 2.16. The minimum Gasteiger partial charge on any atom is -0.366 e. The number of anilines is 1. The highest BCUT2D eigenvalue weighted by molar-refractivity contribution is 9.10. The van der Waals surface area contributed by atoms with Crippen molar-refractivity contribution in [1.82, 2.24) is 4.98 Å². The second kappa shape index (κ2) is 5.02. The van der Waals surface area contributed by atoms with Gasteiger partial charge in [0.15, 0.2) is 0 Å². The summed E-state index contributed by atoms with van der Waals surface area (Å²) in [5.74, 6) is 0.887. The molecule has 0 radical (unpaired) electrons. The van der Waals surface area contributed by atoms with E-state index in [1.807, 2.05) is 12.1 Å². The lowest BCUT2D eigenvalue weighted by Crippen LogP contribution is -2.04. The van der Waals surface area contributed by atoms with Crippen LogP contribution in [-0.4, -0.2) is 11.5 Å². The van der Waals surface area contributed by atoms with Crippen LogP contribution in [0.5, 0.6) is 0 Å². The Morgan fingerprint density at radius 1 is 1.62 bits per heavy atom. The van der Waals surface area contributed by atoms with E-state index in [1.54, 1.807) is 6.20 Å². The van der Waals surface area contributed by atoms with Crippen LogP contribution in [0.25, 0.3) is 0 Å². The largest absolute Gasteiger partial charge is 0.366 e. The van der Waals surface area contributed by atoms with Crippen molar-refractivity contribution < 1.29 is 0 Å². The molecule has 0 aromatic carbocycles. The van der Waals surface area contributed by atoms with Crippen LogP contribution in [0.3, 0.4) is 0 Å². The smallest absolute Gasteiger partial charge is 0.126 e. The molecule has 0 aliphatic carbocycles. The summed E-state index contributed by atoms with van der Waals surface area (Å²) in [7, 11) is 0. The maximum Gasteiger partial charge on any atom is 0.126 e. The molecule has 3 heteroatoms. The lowest BCUT2D eigenvalue weighted by atomic mass is 10.2. The van der Waals surface area contributed by atoms with Gasteiger partial charge in [-0.05, 0) is 34.5 Å². The molecule has 1 aromatic heterocycles. The van der Waals surface area contributed by atoms with Crippen LogP contribution in [0, 0.1) is 0 Å². The van der Waals surface area contributed by atoms with E-state index < -0.39 is 0 Å². The normalized spacial score (nSPS) is 9.69. The minimum absolute atomic E-state index is 0.797. The molecular formula is C10H13BrN2. The molecule has 2 nitrogen and oxygen atoms in total. The second-order valence-electron chi connectivity index (χ2n) is 2.82. The Balaban J connectivity index is 2.46. The van der Waals surface area contributed by atoms with Crippen LogP contribution in [0.4, 0.5) is 5.82 Å². The predicted molar refractivity (Wildman–Crippen MR) is 59.9 cm³/mol. The molecule has 0 unspecified atom stereocenters. The summed E-state index contributed by atoms with van der Waals surface area (Å²) >= 11 is 3.33. The Morgan fingerprint density at radius 3 is 2.92 bits per heavy atom. The monoisotopic (exact) mass is 240 g/mol. The van der Waals surface area contributed by atoms with Gasteiger partial charge < -0.3 is 5.32 Å². The number of hydrogen-bond acceptors (Lipinski definition) is 2. The number of halogens is 1. The summed E-state index contributed by atoms with van der Waals surface area (Å²) < 4.78 is 0.993. The van der Waals surface area contributed by atoms with E-state index in [-0.39, 0.29) is 0 Å². The van der Waals surface area contributed by atoms with Crippen LogP contribution >= 0.6 is 15.9 Å². The fraction of sp³-hybridized carbons (Fsp3) is 0.300. The van der Waals surface area contributed by atoms with Gasteiger partial charge in [-0.1, -0.05) is 19.1 Å². The number of nitrogens with zero attached hydrogens (tertiary/aromatic N) is 1. The predicted octanol–water partition coefficient (Wildman–Crippen LogP) is 3.22. The van der Waals surface area contributed by atoms with E-state index in [2.05, 4.69) is 39.7 Å². The summed E-state index contributed by atoms with van der Waals surface area (Å²) in [6.07, 6.45) is 2.78. The van der Waals surface area contributed by atoms with Crippen molar-refractivity contribution in [1.29, 1.82) is 0 Å². The highest BCUT2D eigenvalue weighted by Crippen LogP contribution is 2.10. The van der Waals surface area contributed by atoms with Crippen LogP contribution < -0.4 is 5.32 Å². The number of hydrogen-bond donors (Lipinski definition) is 1. The lowest BCUT2D eigenvalue weighted by Gasteiger charge is -2.05. The van der Waals surface area contributed by atoms with Crippen molar-refractivity contribution in [2.45, 2.75) is 13.3 Å². The number of nitrogens with one attached hydrogen (secondary N) is 1. The molecule has 0 fully saturated rings. The quantitative estimate of drug-likeness (QED) is 0.818. The number of rotatable bonds is 4. The first-order valence-electron chi connectivity index (χ1n) is 4.24. The Bertz CT molecular complexity index is 279. The van der Waals surface area contributed by atoms with Crippen LogP contribution in [0.2, 0.25) is 0 Å². The molecule has 1 aromatic rings. The summed E-state index contributed by atoms with van der Waals surface area (Å²) in [4.78, 5) is 4.19. The molecule has 13 heavy (non-hydrogen) atoms. The van der Waals surface area contributed by atoms with Gasteiger partial charge in [0.2, 0.25) is 0 Å². The highest BCUT2D eigenvalue weighted by Gasteiger charge is 1.93. The zero-order valence-corrected chi connectivity index (χ0v) is 9.26. The zero-order valence-electron chi connectivity index (χ0n) is 7.68. The molecule has 1 N–H and O–H groups in total.